The van der Waals surface area contributed by atoms with Crippen molar-refractivity contribution in [2.24, 2.45) is 5.92 Å². The number of nitrogens with zero attached hydrogens (tertiary/aromatic N) is 1. The zero-order chi connectivity index (χ0) is 21.1. The Morgan fingerprint density at radius 1 is 1.18 bits per heavy atom. The Morgan fingerprint density at radius 3 is 2.21 bits per heavy atom. The molecule has 0 amide bonds. The molecule has 1 aromatic carbocycles. The molecular weight excluding hydrogens is 370 g/mol. The largest absolute Gasteiger partial charge is 0.478 e. The fourth-order valence-corrected chi connectivity index (χ4v) is 2.99. The second kappa shape index (κ2) is 12.2. The van der Waals surface area contributed by atoms with Crippen LogP contribution in [0.4, 0.5) is 8.78 Å². The normalized spacial score (nSPS) is 14.9. The smallest absolute Gasteiger partial charge is 0.328 e. The fourth-order valence-electron chi connectivity index (χ4n) is 2.99. The molecule has 0 aliphatic carbocycles. The second-order valence-corrected chi connectivity index (χ2v) is 7.05. The van der Waals surface area contributed by atoms with E-state index in [0.717, 1.165) is 38.5 Å². The number of carbonyl (C=O) groups is 2. The molecule has 0 spiro atoms. The van der Waals surface area contributed by atoms with E-state index < -0.39 is 23.6 Å². The number of carboxylic acid groups (broad SMARTS) is 2. The Balaban J connectivity index is 0.000000416. The number of piperidine rings is 1. The molecule has 0 aromatic heterocycles. The first-order valence-electron chi connectivity index (χ1n) is 9.21. The lowest BCUT2D eigenvalue weighted by Gasteiger charge is -2.36. The number of carboxylic acids is 2. The minimum atomic E-state index is -1.26. The van der Waals surface area contributed by atoms with Gasteiger partial charge in [-0.15, -0.1) is 0 Å². The Hall–Kier alpha value is -2.32. The molecule has 1 aliphatic rings. The van der Waals surface area contributed by atoms with Gasteiger partial charge in [0, 0.05) is 42.9 Å². The van der Waals surface area contributed by atoms with Gasteiger partial charge in [-0.2, -0.15) is 0 Å². The average molecular weight is 398 g/mol. The van der Waals surface area contributed by atoms with Crippen LogP contribution in [0.3, 0.4) is 0 Å². The quantitative estimate of drug-likeness (QED) is 0.612. The zero-order valence-corrected chi connectivity index (χ0v) is 16.2. The topological polar surface area (TPSA) is 89.9 Å². The van der Waals surface area contributed by atoms with Crippen molar-refractivity contribution < 1.29 is 28.6 Å². The fraction of sp³-hybridized carbons (Fsp3) is 0.500. The second-order valence-electron chi connectivity index (χ2n) is 7.05. The minimum absolute atomic E-state index is 0.437. The Kier molecular flexibility index (Phi) is 10.3. The molecule has 0 unspecified atom stereocenters. The standard InChI is InChI=1S/C16H24F2N2.C4H4O4/c1-12(2)10-20(15-5-7-19-8-6-15)11-13-3-4-14(17)9-16(13)18;5-3(6)1-2-4(7)8/h3-4,9,12,15,19H,5-8,10-11H2,1-2H3;1-2H,(H,5,6)(H,7,8)/b;2-1+. The van der Waals surface area contributed by atoms with Crippen molar-refractivity contribution in [2.45, 2.75) is 39.3 Å². The summed E-state index contributed by atoms with van der Waals surface area (Å²) in [5.41, 5.74) is 0.589. The van der Waals surface area contributed by atoms with Gasteiger partial charge in [-0.05, 0) is 37.9 Å². The van der Waals surface area contributed by atoms with Crippen LogP contribution >= 0.6 is 0 Å². The van der Waals surface area contributed by atoms with E-state index >= 15 is 0 Å². The highest BCUT2D eigenvalue weighted by Gasteiger charge is 2.22. The molecule has 0 radical (unpaired) electrons. The monoisotopic (exact) mass is 398 g/mol. The summed E-state index contributed by atoms with van der Waals surface area (Å²) in [6.45, 7) is 7.90. The van der Waals surface area contributed by atoms with Crippen molar-refractivity contribution in [3.05, 3.63) is 47.5 Å². The number of hydrogen-bond donors (Lipinski definition) is 3. The first kappa shape index (κ1) is 23.7. The molecule has 0 atom stereocenters. The van der Waals surface area contributed by atoms with Crippen molar-refractivity contribution >= 4 is 11.9 Å². The van der Waals surface area contributed by atoms with E-state index in [1.807, 2.05) is 0 Å². The van der Waals surface area contributed by atoms with E-state index in [-0.39, 0.29) is 0 Å². The Labute approximate surface area is 163 Å². The molecule has 1 saturated heterocycles. The molecule has 3 N–H and O–H groups in total. The zero-order valence-electron chi connectivity index (χ0n) is 16.2. The van der Waals surface area contributed by atoms with Gasteiger partial charge in [0.15, 0.2) is 0 Å². The van der Waals surface area contributed by atoms with Crippen LogP contribution in [0.15, 0.2) is 30.4 Å². The van der Waals surface area contributed by atoms with Crippen molar-refractivity contribution in [1.29, 1.82) is 0 Å². The maximum absolute atomic E-state index is 13.8. The predicted octanol–water partition coefficient (Wildman–Crippen LogP) is 2.89. The molecule has 0 saturated carbocycles. The third kappa shape index (κ3) is 9.57. The third-order valence-electron chi connectivity index (χ3n) is 4.18. The van der Waals surface area contributed by atoms with E-state index in [0.29, 0.717) is 36.2 Å². The maximum atomic E-state index is 13.8. The van der Waals surface area contributed by atoms with Crippen LogP contribution < -0.4 is 5.32 Å². The summed E-state index contributed by atoms with van der Waals surface area (Å²) < 4.78 is 26.8. The van der Waals surface area contributed by atoms with Crippen LogP contribution in [0.2, 0.25) is 0 Å². The van der Waals surface area contributed by atoms with Crippen LogP contribution in [0.1, 0.15) is 32.3 Å². The summed E-state index contributed by atoms with van der Waals surface area (Å²) in [7, 11) is 0. The average Bonchev–Trinajstić information content (AvgIpc) is 2.62. The van der Waals surface area contributed by atoms with Gasteiger partial charge < -0.3 is 15.5 Å². The molecule has 6 nitrogen and oxygen atoms in total. The first-order valence-corrected chi connectivity index (χ1v) is 9.21. The van der Waals surface area contributed by atoms with Gasteiger partial charge in [0.1, 0.15) is 11.6 Å². The van der Waals surface area contributed by atoms with Crippen molar-refractivity contribution in [1.82, 2.24) is 10.2 Å². The molecule has 8 heteroatoms. The summed E-state index contributed by atoms with van der Waals surface area (Å²) in [5, 5.41) is 19.0. The lowest BCUT2D eigenvalue weighted by Crippen LogP contribution is -2.44. The van der Waals surface area contributed by atoms with Gasteiger partial charge in [0.2, 0.25) is 0 Å². The molecule has 28 heavy (non-hydrogen) atoms. The van der Waals surface area contributed by atoms with Crippen molar-refractivity contribution in [2.75, 3.05) is 19.6 Å². The number of benzene rings is 1. The highest BCUT2D eigenvalue weighted by Crippen LogP contribution is 2.19. The number of rotatable bonds is 7. The van der Waals surface area contributed by atoms with E-state index in [4.69, 9.17) is 10.2 Å². The van der Waals surface area contributed by atoms with Gasteiger partial charge in [-0.3, -0.25) is 4.90 Å². The molecule has 1 aromatic rings. The Bertz CT molecular complexity index is 658. The lowest BCUT2D eigenvalue weighted by atomic mass is 10.0. The summed E-state index contributed by atoms with van der Waals surface area (Å²) >= 11 is 0. The summed E-state index contributed by atoms with van der Waals surface area (Å²) in [4.78, 5) is 21.5. The third-order valence-corrected chi connectivity index (χ3v) is 4.18. The number of aliphatic carboxylic acids is 2. The van der Waals surface area contributed by atoms with Gasteiger partial charge in [-0.1, -0.05) is 19.9 Å². The van der Waals surface area contributed by atoms with Crippen LogP contribution in [-0.4, -0.2) is 52.7 Å². The number of halogens is 2. The van der Waals surface area contributed by atoms with Crippen molar-refractivity contribution in [3.8, 4) is 0 Å². The lowest BCUT2D eigenvalue weighted by molar-refractivity contribution is -0.134. The SMILES string of the molecule is CC(C)CN(Cc1ccc(F)cc1F)C1CCNCC1.O=C(O)/C=C/C(=O)O. The van der Waals surface area contributed by atoms with Gasteiger partial charge in [-0.25, -0.2) is 18.4 Å². The summed E-state index contributed by atoms with van der Waals surface area (Å²) in [5.74, 6) is -2.93. The molecule has 1 aliphatic heterocycles. The molecular formula is C20H28F2N2O4. The van der Waals surface area contributed by atoms with E-state index in [2.05, 4.69) is 24.1 Å². The van der Waals surface area contributed by atoms with Gasteiger partial charge >= 0.3 is 11.9 Å². The van der Waals surface area contributed by atoms with Crippen LogP contribution in [-0.2, 0) is 16.1 Å². The highest BCUT2D eigenvalue weighted by atomic mass is 19.1. The van der Waals surface area contributed by atoms with Crippen LogP contribution in [0, 0.1) is 17.6 Å². The van der Waals surface area contributed by atoms with E-state index in [1.54, 1.807) is 6.07 Å². The van der Waals surface area contributed by atoms with Gasteiger partial charge in [0.05, 0.1) is 0 Å². The number of nitrogens with one attached hydrogen (secondary N) is 1. The number of hydrogen-bond acceptors (Lipinski definition) is 4. The highest BCUT2D eigenvalue weighted by molar-refractivity contribution is 5.89. The molecule has 2 rings (SSSR count). The molecule has 1 fully saturated rings. The molecule has 1 heterocycles. The summed E-state index contributed by atoms with van der Waals surface area (Å²) in [6, 6.07) is 4.38. The van der Waals surface area contributed by atoms with Crippen molar-refractivity contribution in [3.63, 3.8) is 0 Å². The Morgan fingerprint density at radius 2 is 1.75 bits per heavy atom. The van der Waals surface area contributed by atoms with E-state index in [9.17, 15) is 18.4 Å². The maximum Gasteiger partial charge on any atom is 0.328 e. The van der Waals surface area contributed by atoms with Crippen LogP contribution in [0.5, 0.6) is 0 Å². The minimum Gasteiger partial charge on any atom is -0.478 e. The molecule has 0 bridgehead atoms. The van der Waals surface area contributed by atoms with E-state index in [1.165, 1.54) is 6.07 Å². The molecule has 156 valence electrons. The predicted molar refractivity (Wildman–Crippen MR) is 102 cm³/mol. The van der Waals surface area contributed by atoms with Crippen LogP contribution in [0.25, 0.3) is 0 Å². The van der Waals surface area contributed by atoms with Gasteiger partial charge in [0.25, 0.3) is 0 Å². The first-order chi connectivity index (χ1) is 13.2. The summed E-state index contributed by atoms with van der Waals surface area (Å²) in [6.07, 6.45) is 3.30.